The standard InChI is InChI=1S/C21H28O2/c1-7-20(3,4)16-13-14-11-9-10-12-15(14)18(17(16)19(22)23)21(5,6)8-2/h9-13H,7-8H2,1-6H3,(H,22,23). The van der Waals surface area contributed by atoms with Gasteiger partial charge in [-0.15, -0.1) is 0 Å². The molecule has 0 heterocycles. The second kappa shape index (κ2) is 5.99. The van der Waals surface area contributed by atoms with Crippen LogP contribution in [0.15, 0.2) is 30.3 Å². The molecule has 0 aromatic heterocycles. The second-order valence-electron chi connectivity index (χ2n) is 7.68. The van der Waals surface area contributed by atoms with Crippen LogP contribution in [0.2, 0.25) is 0 Å². The van der Waals surface area contributed by atoms with E-state index in [2.05, 4.69) is 59.7 Å². The Morgan fingerprint density at radius 1 is 1.00 bits per heavy atom. The fourth-order valence-corrected chi connectivity index (χ4v) is 3.17. The molecule has 0 aliphatic heterocycles. The van der Waals surface area contributed by atoms with E-state index in [4.69, 9.17) is 0 Å². The van der Waals surface area contributed by atoms with Crippen molar-refractivity contribution in [3.63, 3.8) is 0 Å². The molecule has 0 aliphatic carbocycles. The number of carboxylic acid groups (broad SMARTS) is 1. The Hall–Kier alpha value is -1.83. The van der Waals surface area contributed by atoms with Gasteiger partial charge in [-0.3, -0.25) is 0 Å². The summed E-state index contributed by atoms with van der Waals surface area (Å²) in [5.74, 6) is -0.816. The van der Waals surface area contributed by atoms with Gasteiger partial charge in [0, 0.05) is 0 Å². The maximum absolute atomic E-state index is 12.2. The minimum atomic E-state index is -0.816. The maximum Gasteiger partial charge on any atom is 0.336 e. The molecule has 23 heavy (non-hydrogen) atoms. The highest BCUT2D eigenvalue weighted by atomic mass is 16.4. The lowest BCUT2D eigenvalue weighted by Crippen LogP contribution is -2.27. The normalized spacial score (nSPS) is 12.6. The fourth-order valence-electron chi connectivity index (χ4n) is 3.17. The molecule has 0 fully saturated rings. The Balaban J connectivity index is 3.05. The van der Waals surface area contributed by atoms with Crippen molar-refractivity contribution in [1.82, 2.24) is 0 Å². The van der Waals surface area contributed by atoms with E-state index in [0.29, 0.717) is 5.56 Å². The summed E-state index contributed by atoms with van der Waals surface area (Å²) in [6, 6.07) is 10.2. The number of fused-ring (bicyclic) bond motifs is 1. The summed E-state index contributed by atoms with van der Waals surface area (Å²) < 4.78 is 0. The van der Waals surface area contributed by atoms with Gasteiger partial charge in [0.2, 0.25) is 0 Å². The van der Waals surface area contributed by atoms with Crippen molar-refractivity contribution < 1.29 is 9.90 Å². The van der Waals surface area contributed by atoms with Crippen LogP contribution in [0.1, 0.15) is 75.9 Å². The molecule has 0 spiro atoms. The molecule has 2 rings (SSSR count). The summed E-state index contributed by atoms with van der Waals surface area (Å²) in [4.78, 5) is 12.2. The SMILES string of the molecule is CCC(C)(C)c1cc2ccccc2c(C(C)(C)CC)c1C(=O)O. The molecule has 0 bridgehead atoms. The highest BCUT2D eigenvalue weighted by Crippen LogP contribution is 2.41. The van der Waals surface area contributed by atoms with E-state index >= 15 is 0 Å². The molecule has 0 atom stereocenters. The van der Waals surface area contributed by atoms with E-state index in [1.54, 1.807) is 0 Å². The van der Waals surface area contributed by atoms with Crippen LogP contribution in [0.4, 0.5) is 0 Å². The minimum absolute atomic E-state index is 0.170. The Bertz CT molecular complexity index is 739. The summed E-state index contributed by atoms with van der Waals surface area (Å²) in [6.45, 7) is 12.8. The smallest absolute Gasteiger partial charge is 0.336 e. The molecule has 2 nitrogen and oxygen atoms in total. The first-order valence-corrected chi connectivity index (χ1v) is 8.45. The van der Waals surface area contributed by atoms with Crippen molar-refractivity contribution in [2.75, 3.05) is 0 Å². The van der Waals surface area contributed by atoms with E-state index in [-0.39, 0.29) is 10.8 Å². The van der Waals surface area contributed by atoms with Crippen molar-refractivity contribution in [1.29, 1.82) is 0 Å². The van der Waals surface area contributed by atoms with Crippen LogP contribution in [-0.2, 0) is 10.8 Å². The number of benzene rings is 2. The first kappa shape index (κ1) is 17.5. The van der Waals surface area contributed by atoms with Crippen molar-refractivity contribution in [2.45, 2.75) is 65.2 Å². The Morgan fingerprint density at radius 3 is 2.09 bits per heavy atom. The van der Waals surface area contributed by atoms with Gasteiger partial charge in [0.1, 0.15) is 0 Å². The van der Waals surface area contributed by atoms with E-state index in [1.807, 2.05) is 12.1 Å². The molecule has 0 saturated heterocycles. The quantitative estimate of drug-likeness (QED) is 0.744. The van der Waals surface area contributed by atoms with Gasteiger partial charge in [-0.2, -0.15) is 0 Å². The minimum Gasteiger partial charge on any atom is -0.478 e. The van der Waals surface area contributed by atoms with Gasteiger partial charge in [0.25, 0.3) is 0 Å². The van der Waals surface area contributed by atoms with E-state index < -0.39 is 5.97 Å². The summed E-state index contributed by atoms with van der Waals surface area (Å²) in [7, 11) is 0. The largest absolute Gasteiger partial charge is 0.478 e. The Labute approximate surface area is 139 Å². The van der Waals surface area contributed by atoms with Gasteiger partial charge < -0.3 is 5.11 Å². The molecule has 0 saturated carbocycles. The van der Waals surface area contributed by atoms with E-state index in [9.17, 15) is 9.90 Å². The van der Waals surface area contributed by atoms with Crippen molar-refractivity contribution in [3.05, 3.63) is 47.0 Å². The molecule has 2 aromatic rings. The van der Waals surface area contributed by atoms with Crippen LogP contribution >= 0.6 is 0 Å². The number of aromatic carboxylic acids is 1. The number of hydrogen-bond acceptors (Lipinski definition) is 1. The molecular weight excluding hydrogens is 284 g/mol. The zero-order valence-corrected chi connectivity index (χ0v) is 15.2. The topological polar surface area (TPSA) is 37.3 Å². The Morgan fingerprint density at radius 2 is 1.57 bits per heavy atom. The summed E-state index contributed by atoms with van der Waals surface area (Å²) >= 11 is 0. The zero-order chi connectivity index (χ0) is 17.4. The predicted molar refractivity (Wildman–Crippen MR) is 97.5 cm³/mol. The summed E-state index contributed by atoms with van der Waals surface area (Å²) in [6.07, 6.45) is 1.80. The average Bonchev–Trinajstić information content (AvgIpc) is 2.52. The molecule has 0 aliphatic rings. The molecule has 0 amide bonds. The lowest BCUT2D eigenvalue weighted by molar-refractivity contribution is 0.0691. The first-order chi connectivity index (χ1) is 10.7. The van der Waals surface area contributed by atoms with Gasteiger partial charge in [0.15, 0.2) is 0 Å². The lowest BCUT2D eigenvalue weighted by Gasteiger charge is -2.33. The molecule has 1 N–H and O–H groups in total. The highest BCUT2D eigenvalue weighted by molar-refractivity contribution is 6.01. The monoisotopic (exact) mass is 312 g/mol. The zero-order valence-electron chi connectivity index (χ0n) is 15.2. The Kier molecular flexibility index (Phi) is 4.57. The van der Waals surface area contributed by atoms with Gasteiger partial charge in [0.05, 0.1) is 5.56 Å². The van der Waals surface area contributed by atoms with Gasteiger partial charge in [-0.1, -0.05) is 65.8 Å². The number of carbonyl (C=O) groups is 1. The summed E-state index contributed by atoms with van der Waals surface area (Å²) in [5, 5.41) is 12.2. The number of rotatable bonds is 5. The van der Waals surface area contributed by atoms with Crippen LogP contribution in [-0.4, -0.2) is 11.1 Å². The summed E-state index contributed by atoms with van der Waals surface area (Å²) in [5.41, 5.74) is 2.07. The third-order valence-electron chi connectivity index (χ3n) is 5.44. The third-order valence-corrected chi connectivity index (χ3v) is 5.44. The predicted octanol–water partition coefficient (Wildman–Crippen LogP) is 5.91. The van der Waals surface area contributed by atoms with Crippen LogP contribution in [0.3, 0.4) is 0 Å². The average molecular weight is 312 g/mol. The number of carboxylic acids is 1. The van der Waals surface area contributed by atoms with Crippen molar-refractivity contribution >= 4 is 16.7 Å². The van der Waals surface area contributed by atoms with E-state index in [0.717, 1.165) is 34.7 Å². The second-order valence-corrected chi connectivity index (χ2v) is 7.68. The lowest BCUT2D eigenvalue weighted by atomic mass is 9.71. The first-order valence-electron chi connectivity index (χ1n) is 8.45. The third kappa shape index (κ3) is 2.99. The van der Waals surface area contributed by atoms with Crippen molar-refractivity contribution in [3.8, 4) is 0 Å². The molecule has 0 unspecified atom stereocenters. The van der Waals surface area contributed by atoms with Crippen LogP contribution in [0.25, 0.3) is 10.8 Å². The fraction of sp³-hybridized carbons (Fsp3) is 0.476. The molecule has 2 heteroatoms. The highest BCUT2D eigenvalue weighted by Gasteiger charge is 2.33. The molecule has 0 radical (unpaired) electrons. The van der Waals surface area contributed by atoms with Crippen LogP contribution in [0, 0.1) is 0 Å². The molecule has 2 aromatic carbocycles. The van der Waals surface area contributed by atoms with Gasteiger partial charge in [-0.05, 0) is 51.6 Å². The molecular formula is C21H28O2. The van der Waals surface area contributed by atoms with E-state index in [1.165, 1.54) is 0 Å². The number of hydrogen-bond donors (Lipinski definition) is 1. The van der Waals surface area contributed by atoms with Gasteiger partial charge >= 0.3 is 5.97 Å². The molecule has 124 valence electrons. The van der Waals surface area contributed by atoms with Crippen LogP contribution in [0.5, 0.6) is 0 Å². The van der Waals surface area contributed by atoms with Crippen LogP contribution < -0.4 is 0 Å². The van der Waals surface area contributed by atoms with Gasteiger partial charge in [-0.25, -0.2) is 4.79 Å². The maximum atomic E-state index is 12.2. The van der Waals surface area contributed by atoms with Crippen molar-refractivity contribution in [2.24, 2.45) is 0 Å².